The molecule has 0 atom stereocenters. The lowest BCUT2D eigenvalue weighted by Gasteiger charge is -2.11. The quantitative estimate of drug-likeness (QED) is 0.724. The minimum Gasteiger partial charge on any atom is -0.459 e. The van der Waals surface area contributed by atoms with E-state index in [0.717, 1.165) is 29.7 Å². The molecule has 4 rings (SSSR count). The van der Waals surface area contributed by atoms with Gasteiger partial charge in [0.05, 0.1) is 16.3 Å². The van der Waals surface area contributed by atoms with Crippen molar-refractivity contribution in [3.8, 4) is 0 Å². The second kappa shape index (κ2) is 5.43. The first-order valence-corrected chi connectivity index (χ1v) is 9.21. The second-order valence-electron chi connectivity index (χ2n) is 6.00. The van der Waals surface area contributed by atoms with Crippen LogP contribution in [0.2, 0.25) is 0 Å². The van der Waals surface area contributed by atoms with Crippen LogP contribution in [-0.2, 0) is 22.8 Å². The van der Waals surface area contributed by atoms with Crippen LogP contribution in [0.4, 0.5) is 4.39 Å². The van der Waals surface area contributed by atoms with E-state index in [0.29, 0.717) is 17.7 Å². The van der Waals surface area contributed by atoms with E-state index in [2.05, 4.69) is 5.32 Å². The summed E-state index contributed by atoms with van der Waals surface area (Å²) in [4.78, 5) is 0.294. The Bertz CT molecular complexity index is 1050. The van der Waals surface area contributed by atoms with Gasteiger partial charge in [-0.2, -0.15) is 0 Å². The van der Waals surface area contributed by atoms with E-state index < -0.39 is 15.7 Å². The molecule has 0 aliphatic carbocycles. The molecular weight excluding hydrogens is 329 g/mol. The van der Waals surface area contributed by atoms with E-state index in [9.17, 15) is 12.8 Å². The van der Waals surface area contributed by atoms with Crippen molar-refractivity contribution in [3.63, 3.8) is 0 Å². The number of sulfone groups is 1. The molecule has 0 spiro atoms. The molecule has 3 aromatic rings. The Morgan fingerprint density at radius 3 is 2.67 bits per heavy atom. The van der Waals surface area contributed by atoms with Gasteiger partial charge < -0.3 is 9.73 Å². The molecule has 24 heavy (non-hydrogen) atoms. The van der Waals surface area contributed by atoms with Crippen molar-refractivity contribution < 1.29 is 17.2 Å². The normalized spacial score (nSPS) is 14.8. The number of aryl methyl sites for hydroxylation is 1. The maximum Gasteiger partial charge on any atom is 0.206 e. The molecule has 0 amide bonds. The molecule has 0 bridgehead atoms. The highest BCUT2D eigenvalue weighted by Gasteiger charge is 2.22. The molecule has 0 radical (unpaired) electrons. The average molecular weight is 345 g/mol. The van der Waals surface area contributed by atoms with Crippen LogP contribution < -0.4 is 5.32 Å². The maximum atomic E-state index is 13.4. The van der Waals surface area contributed by atoms with Crippen LogP contribution in [0.1, 0.15) is 16.9 Å². The van der Waals surface area contributed by atoms with Gasteiger partial charge in [0.25, 0.3) is 0 Å². The van der Waals surface area contributed by atoms with E-state index >= 15 is 0 Å². The van der Waals surface area contributed by atoms with E-state index in [-0.39, 0.29) is 9.79 Å². The lowest BCUT2D eigenvalue weighted by Crippen LogP contribution is -2.22. The Hall–Kier alpha value is -2.18. The van der Waals surface area contributed by atoms with Crippen LogP contribution in [0.5, 0.6) is 0 Å². The molecular formula is C18H16FNO3S. The summed E-state index contributed by atoms with van der Waals surface area (Å²) in [5.41, 5.74) is 2.07. The number of nitrogens with one attached hydrogen (secondary N) is 1. The van der Waals surface area contributed by atoms with E-state index in [1.807, 2.05) is 0 Å². The number of hydrogen-bond donors (Lipinski definition) is 1. The summed E-state index contributed by atoms with van der Waals surface area (Å²) >= 11 is 0. The monoisotopic (exact) mass is 345 g/mol. The summed E-state index contributed by atoms with van der Waals surface area (Å²) in [7, 11) is -3.70. The zero-order valence-electron chi connectivity index (χ0n) is 13.1. The van der Waals surface area contributed by atoms with Gasteiger partial charge in [-0.1, -0.05) is 0 Å². The molecule has 0 fully saturated rings. The Balaban J connectivity index is 1.87. The van der Waals surface area contributed by atoms with Gasteiger partial charge in [-0.3, -0.25) is 0 Å². The predicted molar refractivity (Wildman–Crippen MR) is 88.2 cm³/mol. The van der Waals surface area contributed by atoms with Gasteiger partial charge in [0, 0.05) is 10.9 Å². The SMILES string of the molecule is Cc1cc(S(=O)(=O)c2ccc3oc4c(c3c2)CCNC4)ccc1F. The topological polar surface area (TPSA) is 59.3 Å². The van der Waals surface area contributed by atoms with Crippen LogP contribution in [0.3, 0.4) is 0 Å². The van der Waals surface area contributed by atoms with Gasteiger partial charge >= 0.3 is 0 Å². The zero-order valence-corrected chi connectivity index (χ0v) is 13.9. The molecule has 1 aliphatic heterocycles. The molecule has 2 heterocycles. The Morgan fingerprint density at radius 2 is 1.88 bits per heavy atom. The Labute approximate surface area is 139 Å². The molecule has 2 aromatic carbocycles. The molecule has 0 saturated carbocycles. The molecule has 6 heteroatoms. The number of halogens is 1. The largest absolute Gasteiger partial charge is 0.459 e. The fourth-order valence-corrected chi connectivity index (χ4v) is 4.47. The van der Waals surface area contributed by atoms with Gasteiger partial charge in [-0.25, -0.2) is 12.8 Å². The molecule has 1 aliphatic rings. The average Bonchev–Trinajstić information content (AvgIpc) is 2.95. The fourth-order valence-electron chi connectivity index (χ4n) is 3.10. The van der Waals surface area contributed by atoms with Crippen molar-refractivity contribution in [2.75, 3.05) is 6.54 Å². The fraction of sp³-hybridized carbons (Fsp3) is 0.222. The van der Waals surface area contributed by atoms with Crippen molar-refractivity contribution in [2.45, 2.75) is 29.7 Å². The van der Waals surface area contributed by atoms with Crippen LogP contribution in [-0.4, -0.2) is 15.0 Å². The van der Waals surface area contributed by atoms with Gasteiger partial charge in [-0.15, -0.1) is 0 Å². The number of fused-ring (bicyclic) bond motifs is 3. The predicted octanol–water partition coefficient (Wildman–Crippen LogP) is 3.36. The molecule has 0 unspecified atom stereocenters. The maximum absolute atomic E-state index is 13.4. The first-order chi connectivity index (χ1) is 11.5. The molecule has 4 nitrogen and oxygen atoms in total. The molecule has 124 valence electrons. The van der Waals surface area contributed by atoms with Crippen molar-refractivity contribution in [3.05, 3.63) is 59.1 Å². The standard InChI is InChI=1S/C18H16FNO3S/c1-11-8-12(2-4-16(11)19)24(21,22)13-3-5-17-15(9-13)14-6-7-20-10-18(14)23-17/h2-5,8-9,20H,6-7,10H2,1H3. The van der Waals surface area contributed by atoms with Gasteiger partial charge in [-0.05, 0) is 61.9 Å². The third kappa shape index (κ3) is 2.34. The zero-order chi connectivity index (χ0) is 16.9. The number of hydrogen-bond acceptors (Lipinski definition) is 4. The van der Waals surface area contributed by atoms with Crippen LogP contribution in [0, 0.1) is 12.7 Å². The van der Waals surface area contributed by atoms with Crippen molar-refractivity contribution >= 4 is 20.8 Å². The number of benzene rings is 2. The highest BCUT2D eigenvalue weighted by atomic mass is 32.2. The molecule has 0 saturated heterocycles. The van der Waals surface area contributed by atoms with Gasteiger partial charge in [0.1, 0.15) is 17.2 Å². The van der Waals surface area contributed by atoms with E-state index in [1.165, 1.54) is 18.2 Å². The first-order valence-electron chi connectivity index (χ1n) is 7.73. The van der Waals surface area contributed by atoms with Crippen LogP contribution in [0.25, 0.3) is 11.0 Å². The second-order valence-corrected chi connectivity index (χ2v) is 7.95. The third-order valence-corrected chi connectivity index (χ3v) is 6.18. The van der Waals surface area contributed by atoms with Crippen molar-refractivity contribution in [1.82, 2.24) is 5.32 Å². The summed E-state index contributed by atoms with van der Waals surface area (Å²) in [5.74, 6) is 0.448. The minimum atomic E-state index is -3.70. The number of rotatable bonds is 2. The highest BCUT2D eigenvalue weighted by Crippen LogP contribution is 2.32. The third-order valence-electron chi connectivity index (χ3n) is 4.43. The van der Waals surface area contributed by atoms with Crippen molar-refractivity contribution in [2.24, 2.45) is 0 Å². The van der Waals surface area contributed by atoms with Gasteiger partial charge in [0.2, 0.25) is 9.84 Å². The highest BCUT2D eigenvalue weighted by molar-refractivity contribution is 7.91. The van der Waals surface area contributed by atoms with Crippen LogP contribution in [0.15, 0.2) is 50.6 Å². The Kier molecular flexibility index (Phi) is 3.47. The summed E-state index contributed by atoms with van der Waals surface area (Å²) in [6.07, 6.45) is 0.807. The lowest BCUT2D eigenvalue weighted by molar-refractivity contribution is 0.488. The van der Waals surface area contributed by atoms with Gasteiger partial charge in [0.15, 0.2) is 0 Å². The Morgan fingerprint density at radius 1 is 1.12 bits per heavy atom. The van der Waals surface area contributed by atoms with Crippen LogP contribution >= 0.6 is 0 Å². The van der Waals surface area contributed by atoms with Crippen molar-refractivity contribution in [1.29, 1.82) is 0 Å². The smallest absolute Gasteiger partial charge is 0.206 e. The lowest BCUT2D eigenvalue weighted by atomic mass is 10.1. The minimum absolute atomic E-state index is 0.0970. The molecule has 1 N–H and O–H groups in total. The number of furan rings is 1. The van der Waals surface area contributed by atoms with E-state index in [1.54, 1.807) is 25.1 Å². The summed E-state index contributed by atoms with van der Waals surface area (Å²) < 4.78 is 45.0. The molecule has 1 aromatic heterocycles. The summed E-state index contributed by atoms with van der Waals surface area (Å²) in [5, 5.41) is 4.08. The first kappa shape index (κ1) is 15.4. The summed E-state index contributed by atoms with van der Waals surface area (Å²) in [6.45, 7) is 3.05. The summed E-state index contributed by atoms with van der Waals surface area (Å²) in [6, 6.07) is 8.75. The van der Waals surface area contributed by atoms with E-state index in [4.69, 9.17) is 4.42 Å².